The number of aliphatic hydroxyl groups excluding tert-OH is 1. The molecule has 0 aromatic heterocycles. The Labute approximate surface area is 121 Å². The second-order valence-corrected chi connectivity index (χ2v) is 6.21. The summed E-state index contributed by atoms with van der Waals surface area (Å²) in [7, 11) is 0. The highest BCUT2D eigenvalue weighted by molar-refractivity contribution is 5.76. The van der Waals surface area contributed by atoms with Gasteiger partial charge in [-0.2, -0.15) is 5.06 Å². The van der Waals surface area contributed by atoms with Crippen molar-refractivity contribution >= 4 is 5.91 Å². The molecule has 0 saturated carbocycles. The summed E-state index contributed by atoms with van der Waals surface area (Å²) in [4.78, 5) is 19.8. The van der Waals surface area contributed by atoms with E-state index in [1.165, 1.54) is 0 Å². The van der Waals surface area contributed by atoms with Crippen LogP contribution in [0.25, 0.3) is 0 Å². The molecule has 0 aromatic carbocycles. The lowest BCUT2D eigenvalue weighted by Gasteiger charge is -2.31. The minimum atomic E-state index is 0.192. The SMILES string of the molecule is CCON1CCC(CC(=O)N2C[C@@H](CO)[C@H](C)C2)CC1. The van der Waals surface area contributed by atoms with Crippen LogP contribution in [0.3, 0.4) is 0 Å². The number of likely N-dealkylation sites (tertiary alicyclic amines) is 1. The Morgan fingerprint density at radius 2 is 2.00 bits per heavy atom. The Morgan fingerprint density at radius 3 is 2.55 bits per heavy atom. The number of rotatable bonds is 5. The van der Waals surface area contributed by atoms with Gasteiger partial charge in [-0.3, -0.25) is 9.63 Å². The average Bonchev–Trinajstić information content (AvgIpc) is 2.82. The van der Waals surface area contributed by atoms with Crippen molar-refractivity contribution in [1.82, 2.24) is 9.96 Å². The van der Waals surface area contributed by atoms with Gasteiger partial charge in [0.1, 0.15) is 0 Å². The van der Waals surface area contributed by atoms with E-state index in [9.17, 15) is 9.90 Å². The maximum atomic E-state index is 12.3. The van der Waals surface area contributed by atoms with Crippen molar-refractivity contribution in [2.45, 2.75) is 33.1 Å². The van der Waals surface area contributed by atoms with Gasteiger partial charge in [-0.1, -0.05) is 6.92 Å². The largest absolute Gasteiger partial charge is 0.396 e. The molecule has 0 aromatic rings. The molecule has 0 radical (unpaired) electrons. The van der Waals surface area contributed by atoms with Crippen molar-refractivity contribution in [1.29, 1.82) is 0 Å². The van der Waals surface area contributed by atoms with Gasteiger partial charge in [0.2, 0.25) is 5.91 Å². The van der Waals surface area contributed by atoms with Crippen LogP contribution in [0.1, 0.15) is 33.1 Å². The highest BCUT2D eigenvalue weighted by Crippen LogP contribution is 2.26. The van der Waals surface area contributed by atoms with E-state index < -0.39 is 0 Å². The third kappa shape index (κ3) is 3.93. The van der Waals surface area contributed by atoms with Crippen LogP contribution in [0.4, 0.5) is 0 Å². The van der Waals surface area contributed by atoms with E-state index in [2.05, 4.69) is 6.92 Å². The number of carbonyl (C=O) groups excluding carboxylic acids is 1. The fourth-order valence-electron chi connectivity index (χ4n) is 3.28. The van der Waals surface area contributed by atoms with Crippen LogP contribution >= 0.6 is 0 Å². The minimum Gasteiger partial charge on any atom is -0.396 e. The highest BCUT2D eigenvalue weighted by Gasteiger charge is 2.33. The lowest BCUT2D eigenvalue weighted by atomic mass is 9.94. The molecule has 2 rings (SSSR count). The van der Waals surface area contributed by atoms with Crippen molar-refractivity contribution in [2.24, 2.45) is 17.8 Å². The first kappa shape index (κ1) is 15.7. The van der Waals surface area contributed by atoms with E-state index in [0.29, 0.717) is 18.3 Å². The number of amides is 1. The van der Waals surface area contributed by atoms with Gasteiger partial charge >= 0.3 is 0 Å². The first-order valence-corrected chi connectivity index (χ1v) is 7.90. The van der Waals surface area contributed by atoms with Crippen LogP contribution in [0, 0.1) is 17.8 Å². The van der Waals surface area contributed by atoms with E-state index >= 15 is 0 Å². The lowest BCUT2D eigenvalue weighted by Crippen LogP contribution is -2.37. The quantitative estimate of drug-likeness (QED) is 0.822. The Morgan fingerprint density at radius 1 is 1.30 bits per heavy atom. The van der Waals surface area contributed by atoms with Crippen molar-refractivity contribution in [3.8, 4) is 0 Å². The van der Waals surface area contributed by atoms with Crippen LogP contribution in [-0.2, 0) is 9.63 Å². The molecule has 2 aliphatic rings. The maximum absolute atomic E-state index is 12.3. The summed E-state index contributed by atoms with van der Waals surface area (Å²) in [5.41, 5.74) is 0. The number of nitrogens with zero attached hydrogens (tertiary/aromatic N) is 2. The summed E-state index contributed by atoms with van der Waals surface area (Å²) >= 11 is 0. The molecule has 2 saturated heterocycles. The monoisotopic (exact) mass is 284 g/mol. The average molecular weight is 284 g/mol. The van der Waals surface area contributed by atoms with Gasteiger partial charge in [0.15, 0.2) is 0 Å². The normalized spacial score (nSPS) is 29.1. The molecule has 5 heteroatoms. The number of hydrogen-bond donors (Lipinski definition) is 1. The molecular formula is C15H28N2O3. The van der Waals surface area contributed by atoms with Gasteiger partial charge in [-0.05, 0) is 31.6 Å². The van der Waals surface area contributed by atoms with Crippen LogP contribution in [-0.4, -0.2) is 60.4 Å². The molecule has 5 nitrogen and oxygen atoms in total. The van der Waals surface area contributed by atoms with Crippen molar-refractivity contribution < 1.29 is 14.7 Å². The summed E-state index contributed by atoms with van der Waals surface area (Å²) in [6.07, 6.45) is 2.74. The smallest absolute Gasteiger partial charge is 0.222 e. The molecule has 2 heterocycles. The van der Waals surface area contributed by atoms with E-state index in [4.69, 9.17) is 4.84 Å². The van der Waals surface area contributed by atoms with Crippen LogP contribution < -0.4 is 0 Å². The van der Waals surface area contributed by atoms with Crippen LogP contribution in [0.2, 0.25) is 0 Å². The van der Waals surface area contributed by atoms with Crippen LogP contribution in [0.5, 0.6) is 0 Å². The lowest BCUT2D eigenvalue weighted by molar-refractivity contribution is -0.171. The minimum absolute atomic E-state index is 0.192. The summed E-state index contributed by atoms with van der Waals surface area (Å²) in [6, 6.07) is 0. The van der Waals surface area contributed by atoms with Gasteiger partial charge in [-0.15, -0.1) is 0 Å². The molecule has 20 heavy (non-hydrogen) atoms. The zero-order valence-electron chi connectivity index (χ0n) is 12.8. The summed E-state index contributed by atoms with van der Waals surface area (Å²) in [5, 5.41) is 11.3. The third-order valence-electron chi connectivity index (χ3n) is 4.70. The molecular weight excluding hydrogens is 256 g/mol. The first-order chi connectivity index (χ1) is 9.63. The van der Waals surface area contributed by atoms with E-state index in [1.54, 1.807) is 0 Å². The molecule has 116 valence electrons. The van der Waals surface area contributed by atoms with Gasteiger partial charge in [-0.25, -0.2) is 0 Å². The van der Waals surface area contributed by atoms with Gasteiger partial charge in [0, 0.05) is 45.1 Å². The van der Waals surface area contributed by atoms with E-state index in [0.717, 1.165) is 45.6 Å². The second kappa shape index (κ2) is 7.38. The number of hydroxylamine groups is 2. The third-order valence-corrected chi connectivity index (χ3v) is 4.70. The van der Waals surface area contributed by atoms with Crippen molar-refractivity contribution in [2.75, 3.05) is 39.4 Å². The topological polar surface area (TPSA) is 53.0 Å². The Bertz CT molecular complexity index is 316. The molecule has 0 unspecified atom stereocenters. The molecule has 1 N–H and O–H groups in total. The van der Waals surface area contributed by atoms with E-state index in [-0.39, 0.29) is 18.4 Å². The Hall–Kier alpha value is -0.650. The van der Waals surface area contributed by atoms with Crippen LogP contribution in [0.15, 0.2) is 0 Å². The number of aliphatic hydroxyl groups is 1. The molecule has 2 aliphatic heterocycles. The van der Waals surface area contributed by atoms with Gasteiger partial charge in [0.25, 0.3) is 0 Å². The van der Waals surface area contributed by atoms with E-state index in [1.807, 2.05) is 16.9 Å². The highest BCUT2D eigenvalue weighted by atomic mass is 16.7. The standard InChI is InChI=1S/C15H28N2O3/c1-3-20-17-6-4-13(5-7-17)8-15(19)16-9-12(2)14(10-16)11-18/h12-14,18H,3-11H2,1-2H3/t12-,14+/m1/s1. The molecule has 1 amide bonds. The second-order valence-electron chi connectivity index (χ2n) is 6.21. The van der Waals surface area contributed by atoms with Gasteiger partial charge in [0.05, 0.1) is 6.61 Å². The number of piperidine rings is 1. The van der Waals surface area contributed by atoms with Crippen molar-refractivity contribution in [3.63, 3.8) is 0 Å². The fourth-order valence-corrected chi connectivity index (χ4v) is 3.28. The summed E-state index contributed by atoms with van der Waals surface area (Å²) in [5.74, 6) is 1.44. The van der Waals surface area contributed by atoms with Crippen molar-refractivity contribution in [3.05, 3.63) is 0 Å². The number of carbonyl (C=O) groups is 1. The molecule has 0 bridgehead atoms. The number of hydrogen-bond acceptors (Lipinski definition) is 4. The summed E-state index contributed by atoms with van der Waals surface area (Å²) < 4.78 is 0. The maximum Gasteiger partial charge on any atom is 0.222 e. The fraction of sp³-hybridized carbons (Fsp3) is 0.933. The molecule has 2 fully saturated rings. The Kier molecular flexibility index (Phi) is 5.81. The summed E-state index contributed by atoms with van der Waals surface area (Å²) in [6.45, 7) is 8.44. The predicted octanol–water partition coefficient (Wildman–Crippen LogP) is 1.13. The Balaban J connectivity index is 1.73. The predicted molar refractivity (Wildman–Crippen MR) is 76.9 cm³/mol. The molecule has 0 spiro atoms. The molecule has 0 aliphatic carbocycles. The molecule has 2 atom stereocenters. The zero-order valence-corrected chi connectivity index (χ0v) is 12.8. The zero-order chi connectivity index (χ0) is 14.5. The van der Waals surface area contributed by atoms with Gasteiger partial charge < -0.3 is 10.0 Å². The first-order valence-electron chi connectivity index (χ1n) is 7.90.